The van der Waals surface area contributed by atoms with Crippen molar-refractivity contribution in [1.29, 1.82) is 0 Å². The van der Waals surface area contributed by atoms with Gasteiger partial charge in [0, 0.05) is 50.5 Å². The third-order valence-electron chi connectivity index (χ3n) is 7.28. The van der Waals surface area contributed by atoms with E-state index >= 15 is 0 Å². The maximum atomic E-state index is 12.3. The van der Waals surface area contributed by atoms with Crippen molar-refractivity contribution < 1.29 is 14.3 Å². The zero-order valence-corrected chi connectivity index (χ0v) is 23.3. The molecule has 204 valence electrons. The van der Waals surface area contributed by atoms with Gasteiger partial charge in [0.25, 0.3) is 0 Å². The summed E-state index contributed by atoms with van der Waals surface area (Å²) < 4.78 is 13.4. The minimum atomic E-state index is -0.768. The Morgan fingerprint density at radius 1 is 1.03 bits per heavy atom. The SMILES string of the molecule is COC(=O)C(C)(C)COc1c(C)cc2cccnc2c1N1CCCN(Cc2ccn(-c3ccccc3)n2)CC1. The van der Waals surface area contributed by atoms with Crippen LogP contribution in [-0.2, 0) is 16.1 Å². The minimum Gasteiger partial charge on any atom is -0.490 e. The average molecular weight is 528 g/mol. The van der Waals surface area contributed by atoms with Gasteiger partial charge in [-0.2, -0.15) is 5.10 Å². The van der Waals surface area contributed by atoms with Crippen molar-refractivity contribution in [3.63, 3.8) is 0 Å². The molecule has 0 spiro atoms. The lowest BCUT2D eigenvalue weighted by molar-refractivity contribution is -0.152. The average Bonchev–Trinajstić information content (AvgIpc) is 3.29. The number of fused-ring (bicyclic) bond motifs is 1. The Morgan fingerprint density at radius 3 is 2.64 bits per heavy atom. The standard InChI is InChI=1S/C31H37N5O3/c1-23-20-24-10-8-14-32-27(24)28(29(23)39-22-31(2,3)30(37)38-4)35-16-9-15-34(18-19-35)21-25-13-17-36(33-25)26-11-6-5-7-12-26/h5-8,10-14,17,20H,9,15-16,18-19,21-22H2,1-4H3. The molecule has 0 atom stereocenters. The predicted molar refractivity (Wildman–Crippen MR) is 153 cm³/mol. The van der Waals surface area contributed by atoms with Crippen LogP contribution >= 0.6 is 0 Å². The van der Waals surface area contributed by atoms with E-state index in [4.69, 9.17) is 19.6 Å². The molecule has 0 N–H and O–H groups in total. The van der Waals surface area contributed by atoms with Crippen molar-refractivity contribution in [3.8, 4) is 11.4 Å². The topological polar surface area (TPSA) is 72.7 Å². The summed E-state index contributed by atoms with van der Waals surface area (Å²) in [4.78, 5) is 21.9. The molecule has 0 aliphatic carbocycles. The summed E-state index contributed by atoms with van der Waals surface area (Å²) in [5.74, 6) is 0.494. The van der Waals surface area contributed by atoms with E-state index in [0.717, 1.165) is 78.4 Å². The fourth-order valence-electron chi connectivity index (χ4n) is 5.14. The molecular weight excluding hydrogens is 490 g/mol. The lowest BCUT2D eigenvalue weighted by Crippen LogP contribution is -2.33. The Labute approximate surface area is 230 Å². The van der Waals surface area contributed by atoms with Gasteiger partial charge in [-0.05, 0) is 63.1 Å². The number of esters is 1. The molecule has 8 heteroatoms. The molecule has 0 amide bonds. The molecule has 0 saturated carbocycles. The number of hydrogen-bond acceptors (Lipinski definition) is 7. The van der Waals surface area contributed by atoms with E-state index in [1.807, 2.05) is 55.2 Å². The molecule has 0 radical (unpaired) electrons. The van der Waals surface area contributed by atoms with Gasteiger partial charge in [0.2, 0.25) is 0 Å². The van der Waals surface area contributed by atoms with Crippen LogP contribution in [0.1, 0.15) is 31.5 Å². The monoisotopic (exact) mass is 527 g/mol. The highest BCUT2D eigenvalue weighted by Gasteiger charge is 2.31. The van der Waals surface area contributed by atoms with E-state index in [1.54, 1.807) is 0 Å². The van der Waals surface area contributed by atoms with Gasteiger partial charge in [0.1, 0.15) is 18.0 Å². The number of carbonyl (C=O) groups excluding carboxylic acids is 1. The van der Waals surface area contributed by atoms with Crippen LogP contribution < -0.4 is 9.64 Å². The second-order valence-corrected chi connectivity index (χ2v) is 10.8. The fourth-order valence-corrected chi connectivity index (χ4v) is 5.14. The first-order chi connectivity index (χ1) is 18.9. The normalized spacial score (nSPS) is 14.8. The van der Waals surface area contributed by atoms with Gasteiger partial charge >= 0.3 is 5.97 Å². The van der Waals surface area contributed by atoms with E-state index in [0.29, 0.717) is 0 Å². The first-order valence-corrected chi connectivity index (χ1v) is 13.5. The molecule has 2 aromatic carbocycles. The Hall–Kier alpha value is -3.91. The van der Waals surface area contributed by atoms with Crippen molar-refractivity contribution in [2.24, 2.45) is 5.41 Å². The van der Waals surface area contributed by atoms with Gasteiger partial charge in [-0.3, -0.25) is 14.7 Å². The highest BCUT2D eigenvalue weighted by molar-refractivity contribution is 5.95. The van der Waals surface area contributed by atoms with Crippen LogP contribution in [0.4, 0.5) is 5.69 Å². The highest BCUT2D eigenvalue weighted by atomic mass is 16.5. The number of ether oxygens (including phenoxy) is 2. The van der Waals surface area contributed by atoms with E-state index in [-0.39, 0.29) is 12.6 Å². The number of carbonyl (C=O) groups is 1. The number of aromatic nitrogens is 3. The third kappa shape index (κ3) is 5.91. The molecule has 3 heterocycles. The van der Waals surface area contributed by atoms with Crippen molar-refractivity contribution in [1.82, 2.24) is 19.7 Å². The number of aryl methyl sites for hydroxylation is 1. The van der Waals surface area contributed by atoms with Crippen LogP contribution in [0.25, 0.3) is 16.6 Å². The largest absolute Gasteiger partial charge is 0.490 e. The molecule has 0 unspecified atom stereocenters. The Bertz CT molecular complexity index is 1430. The smallest absolute Gasteiger partial charge is 0.314 e. The molecular formula is C31H37N5O3. The first kappa shape index (κ1) is 26.7. The molecule has 1 saturated heterocycles. The maximum absolute atomic E-state index is 12.3. The molecule has 5 rings (SSSR count). The second-order valence-electron chi connectivity index (χ2n) is 10.8. The van der Waals surface area contributed by atoms with Crippen LogP contribution in [0.15, 0.2) is 67.0 Å². The lowest BCUT2D eigenvalue weighted by Gasteiger charge is -2.29. The van der Waals surface area contributed by atoms with Gasteiger partial charge in [0.05, 0.1) is 29.4 Å². The summed E-state index contributed by atoms with van der Waals surface area (Å²) in [7, 11) is 1.41. The first-order valence-electron chi connectivity index (χ1n) is 13.5. The molecule has 1 aliphatic rings. The molecule has 1 aliphatic heterocycles. The number of hydrogen-bond donors (Lipinski definition) is 0. The number of methoxy groups -OCH3 is 1. The number of para-hydroxylation sites is 1. The van der Waals surface area contributed by atoms with Gasteiger partial charge < -0.3 is 14.4 Å². The van der Waals surface area contributed by atoms with Crippen molar-refractivity contribution in [3.05, 3.63) is 78.2 Å². The van der Waals surface area contributed by atoms with Crippen LogP contribution in [-0.4, -0.2) is 65.5 Å². The summed E-state index contributed by atoms with van der Waals surface area (Å²) in [6.45, 7) is 10.4. The number of benzene rings is 2. The molecule has 1 fully saturated rings. The van der Waals surface area contributed by atoms with Gasteiger partial charge in [-0.1, -0.05) is 24.3 Å². The number of nitrogens with zero attached hydrogens (tertiary/aromatic N) is 5. The Balaban J connectivity index is 1.36. The van der Waals surface area contributed by atoms with E-state index in [1.165, 1.54) is 7.11 Å². The van der Waals surface area contributed by atoms with Crippen molar-refractivity contribution >= 4 is 22.6 Å². The Kier molecular flexibility index (Phi) is 7.84. The maximum Gasteiger partial charge on any atom is 0.314 e. The Morgan fingerprint density at radius 2 is 1.85 bits per heavy atom. The van der Waals surface area contributed by atoms with E-state index in [9.17, 15) is 4.79 Å². The van der Waals surface area contributed by atoms with Crippen LogP contribution in [0.5, 0.6) is 5.75 Å². The summed E-state index contributed by atoms with van der Waals surface area (Å²) in [5, 5.41) is 5.89. The van der Waals surface area contributed by atoms with Gasteiger partial charge in [-0.15, -0.1) is 0 Å². The summed E-state index contributed by atoms with van der Waals surface area (Å²) in [6, 6.07) is 18.5. The molecule has 8 nitrogen and oxygen atoms in total. The quantitative estimate of drug-likeness (QED) is 0.298. The summed E-state index contributed by atoms with van der Waals surface area (Å²) in [5.41, 5.74) is 4.30. The second kappa shape index (κ2) is 11.5. The van der Waals surface area contributed by atoms with Crippen LogP contribution in [0.3, 0.4) is 0 Å². The van der Waals surface area contributed by atoms with Crippen molar-refractivity contribution in [2.75, 3.05) is 44.8 Å². The summed E-state index contributed by atoms with van der Waals surface area (Å²) in [6.07, 6.45) is 4.87. The molecule has 0 bridgehead atoms. The molecule has 4 aromatic rings. The van der Waals surface area contributed by atoms with Gasteiger partial charge in [0.15, 0.2) is 0 Å². The zero-order chi connectivity index (χ0) is 27.4. The van der Waals surface area contributed by atoms with Crippen LogP contribution in [0, 0.1) is 12.3 Å². The minimum absolute atomic E-state index is 0.218. The highest BCUT2D eigenvalue weighted by Crippen LogP contribution is 2.40. The van der Waals surface area contributed by atoms with Crippen molar-refractivity contribution in [2.45, 2.75) is 33.7 Å². The molecule has 39 heavy (non-hydrogen) atoms. The number of pyridine rings is 1. The lowest BCUT2D eigenvalue weighted by atomic mass is 9.95. The summed E-state index contributed by atoms with van der Waals surface area (Å²) >= 11 is 0. The number of rotatable bonds is 8. The third-order valence-corrected chi connectivity index (χ3v) is 7.28. The number of anilines is 1. The molecule has 2 aromatic heterocycles. The van der Waals surface area contributed by atoms with Gasteiger partial charge in [-0.25, -0.2) is 4.68 Å². The zero-order valence-electron chi connectivity index (χ0n) is 23.3. The van der Waals surface area contributed by atoms with Crippen LogP contribution in [0.2, 0.25) is 0 Å². The van der Waals surface area contributed by atoms with E-state index in [2.05, 4.69) is 47.1 Å². The van der Waals surface area contributed by atoms with E-state index < -0.39 is 5.41 Å². The predicted octanol–water partition coefficient (Wildman–Crippen LogP) is 5.02. The fraction of sp³-hybridized carbons (Fsp3) is 0.387.